The maximum absolute atomic E-state index is 3.39. The van der Waals surface area contributed by atoms with E-state index in [1.807, 2.05) is 0 Å². The molecule has 0 amide bonds. The van der Waals surface area contributed by atoms with Gasteiger partial charge >= 0.3 is 0 Å². The van der Waals surface area contributed by atoms with E-state index in [1.165, 1.54) is 64.2 Å². The topological polar surface area (TPSA) is 0 Å². The predicted octanol–water partition coefficient (Wildman–Crippen LogP) is 5.10. The van der Waals surface area contributed by atoms with Crippen molar-refractivity contribution in [1.29, 1.82) is 0 Å². The molecular formula is C16H26. The zero-order valence-corrected chi connectivity index (χ0v) is 10.8. The van der Waals surface area contributed by atoms with Gasteiger partial charge in [0.1, 0.15) is 0 Å². The fourth-order valence-corrected chi connectivity index (χ4v) is 2.24. The molecule has 0 aromatic heterocycles. The van der Waals surface area contributed by atoms with Crippen LogP contribution in [0.1, 0.15) is 71.1 Å². The van der Waals surface area contributed by atoms with Crippen molar-refractivity contribution in [2.75, 3.05) is 0 Å². The van der Waals surface area contributed by atoms with Gasteiger partial charge in [-0.2, -0.15) is 0 Å². The first-order chi connectivity index (χ1) is 7.93. The van der Waals surface area contributed by atoms with Crippen LogP contribution in [0.25, 0.3) is 0 Å². The molecule has 0 N–H and O–H groups in total. The molecule has 0 heteroatoms. The lowest BCUT2D eigenvalue weighted by molar-refractivity contribution is 0.430. The summed E-state index contributed by atoms with van der Waals surface area (Å²) >= 11 is 0. The Morgan fingerprint density at radius 1 is 1.06 bits per heavy atom. The van der Waals surface area contributed by atoms with Crippen molar-refractivity contribution in [1.82, 2.24) is 0 Å². The Morgan fingerprint density at radius 3 is 2.62 bits per heavy atom. The minimum atomic E-state index is 0.693. The van der Waals surface area contributed by atoms with Crippen molar-refractivity contribution in [3.05, 3.63) is 12.2 Å². The van der Waals surface area contributed by atoms with Gasteiger partial charge in [0.2, 0.25) is 0 Å². The van der Waals surface area contributed by atoms with Crippen molar-refractivity contribution in [3.63, 3.8) is 0 Å². The Kier molecular flexibility index (Phi) is 7.95. The van der Waals surface area contributed by atoms with Crippen LogP contribution in [0.4, 0.5) is 0 Å². The van der Waals surface area contributed by atoms with Crippen LogP contribution in [0, 0.1) is 17.8 Å². The molecule has 1 rings (SSSR count). The van der Waals surface area contributed by atoms with Crippen molar-refractivity contribution < 1.29 is 0 Å². The third-order valence-corrected chi connectivity index (χ3v) is 3.32. The Hall–Kier alpha value is -0.700. The quantitative estimate of drug-likeness (QED) is 0.445. The van der Waals surface area contributed by atoms with Crippen LogP contribution >= 0.6 is 0 Å². The van der Waals surface area contributed by atoms with Gasteiger partial charge in [0.15, 0.2) is 0 Å². The highest BCUT2D eigenvalue weighted by Crippen LogP contribution is 2.22. The van der Waals surface area contributed by atoms with E-state index in [9.17, 15) is 0 Å². The largest absolute Gasteiger partial charge is 0.0951 e. The average Bonchev–Trinajstić information content (AvgIpc) is 2.34. The lowest BCUT2D eigenvalue weighted by Crippen LogP contribution is -2.02. The first-order valence-corrected chi connectivity index (χ1v) is 7.09. The summed E-state index contributed by atoms with van der Waals surface area (Å²) in [4.78, 5) is 0. The molecule has 0 unspecified atom stereocenters. The van der Waals surface area contributed by atoms with E-state index in [2.05, 4.69) is 30.9 Å². The monoisotopic (exact) mass is 218 g/mol. The standard InChI is InChI=1S/C16H26/c1-2-3-4-5-6-7-8-10-13-16-14-11-9-12-15-16/h7-8,16H,2-6,9,11-12,14-15H2,1H3/b8-7+. The summed E-state index contributed by atoms with van der Waals surface area (Å²) in [5.41, 5.74) is 0. The Bertz CT molecular complexity index is 232. The molecule has 0 aromatic rings. The highest BCUT2D eigenvalue weighted by atomic mass is 14.1. The molecule has 1 saturated carbocycles. The van der Waals surface area contributed by atoms with Crippen LogP contribution in [0.5, 0.6) is 0 Å². The summed E-state index contributed by atoms with van der Waals surface area (Å²) in [5, 5.41) is 0. The summed E-state index contributed by atoms with van der Waals surface area (Å²) in [6, 6.07) is 0. The van der Waals surface area contributed by atoms with E-state index < -0.39 is 0 Å². The zero-order chi connectivity index (χ0) is 11.5. The second-order valence-corrected chi connectivity index (χ2v) is 4.88. The third kappa shape index (κ3) is 6.72. The van der Waals surface area contributed by atoms with Gasteiger partial charge in [-0.25, -0.2) is 0 Å². The summed E-state index contributed by atoms with van der Waals surface area (Å²) in [5.74, 6) is 7.30. The first kappa shape index (κ1) is 13.4. The molecule has 0 heterocycles. The van der Waals surface area contributed by atoms with Gasteiger partial charge in [0.05, 0.1) is 0 Å². The van der Waals surface area contributed by atoms with E-state index in [1.54, 1.807) is 0 Å². The maximum Gasteiger partial charge on any atom is 0.0206 e. The van der Waals surface area contributed by atoms with Crippen LogP contribution in [0.3, 0.4) is 0 Å². The lowest BCUT2D eigenvalue weighted by Gasteiger charge is -2.15. The molecule has 0 saturated heterocycles. The van der Waals surface area contributed by atoms with E-state index in [0.29, 0.717) is 5.92 Å². The third-order valence-electron chi connectivity index (χ3n) is 3.32. The summed E-state index contributed by atoms with van der Waals surface area (Å²) in [6.45, 7) is 2.26. The van der Waals surface area contributed by atoms with Crippen molar-refractivity contribution in [3.8, 4) is 11.8 Å². The smallest absolute Gasteiger partial charge is 0.0206 e. The minimum absolute atomic E-state index is 0.693. The second kappa shape index (κ2) is 9.52. The molecule has 0 bridgehead atoms. The summed E-state index contributed by atoms with van der Waals surface area (Å²) < 4.78 is 0. The van der Waals surface area contributed by atoms with E-state index in [0.717, 1.165) is 0 Å². The molecular weight excluding hydrogens is 192 g/mol. The number of hydrogen-bond acceptors (Lipinski definition) is 0. The van der Waals surface area contributed by atoms with Crippen LogP contribution in [0.2, 0.25) is 0 Å². The zero-order valence-electron chi connectivity index (χ0n) is 10.8. The van der Waals surface area contributed by atoms with Gasteiger partial charge in [-0.15, -0.1) is 0 Å². The molecule has 1 fully saturated rings. The number of rotatable bonds is 5. The van der Waals surface area contributed by atoms with Crippen LogP contribution < -0.4 is 0 Å². The molecule has 0 spiro atoms. The molecule has 1 aliphatic rings. The van der Waals surface area contributed by atoms with E-state index in [-0.39, 0.29) is 0 Å². The van der Waals surface area contributed by atoms with Crippen molar-refractivity contribution in [2.24, 2.45) is 5.92 Å². The van der Waals surface area contributed by atoms with Crippen LogP contribution in [-0.4, -0.2) is 0 Å². The fraction of sp³-hybridized carbons (Fsp3) is 0.750. The molecule has 0 aromatic carbocycles. The molecule has 0 aliphatic heterocycles. The fourth-order valence-electron chi connectivity index (χ4n) is 2.24. The Balaban J connectivity index is 2.03. The van der Waals surface area contributed by atoms with Gasteiger partial charge in [0.25, 0.3) is 0 Å². The van der Waals surface area contributed by atoms with Gasteiger partial charge in [-0.3, -0.25) is 0 Å². The van der Waals surface area contributed by atoms with Crippen LogP contribution in [0.15, 0.2) is 12.2 Å². The number of allylic oxidation sites excluding steroid dienone is 2. The van der Waals surface area contributed by atoms with Crippen molar-refractivity contribution in [2.45, 2.75) is 71.1 Å². The maximum atomic E-state index is 3.39. The molecule has 0 radical (unpaired) electrons. The number of unbranched alkanes of at least 4 members (excludes halogenated alkanes) is 4. The van der Waals surface area contributed by atoms with Gasteiger partial charge in [-0.1, -0.05) is 63.4 Å². The Labute approximate surface area is 102 Å². The highest BCUT2D eigenvalue weighted by molar-refractivity contribution is 5.17. The van der Waals surface area contributed by atoms with E-state index in [4.69, 9.17) is 0 Å². The highest BCUT2D eigenvalue weighted by Gasteiger charge is 2.09. The summed E-state index contributed by atoms with van der Waals surface area (Å²) in [6.07, 6.45) is 17.8. The van der Waals surface area contributed by atoms with Gasteiger partial charge < -0.3 is 0 Å². The first-order valence-electron chi connectivity index (χ1n) is 7.09. The SMILES string of the molecule is CCCCCC/C=C/C#CC1CCCCC1. The number of hydrogen-bond donors (Lipinski definition) is 0. The molecule has 16 heavy (non-hydrogen) atoms. The molecule has 1 aliphatic carbocycles. The molecule has 0 nitrogen and oxygen atoms in total. The van der Waals surface area contributed by atoms with Gasteiger partial charge in [0, 0.05) is 5.92 Å². The predicted molar refractivity (Wildman–Crippen MR) is 72.3 cm³/mol. The van der Waals surface area contributed by atoms with Crippen molar-refractivity contribution >= 4 is 0 Å². The average molecular weight is 218 g/mol. The van der Waals surface area contributed by atoms with Crippen LogP contribution in [-0.2, 0) is 0 Å². The second-order valence-electron chi connectivity index (χ2n) is 4.88. The van der Waals surface area contributed by atoms with E-state index >= 15 is 0 Å². The molecule has 90 valence electrons. The normalized spacial score (nSPS) is 17.3. The Morgan fingerprint density at radius 2 is 1.88 bits per heavy atom. The molecule has 0 atom stereocenters. The van der Waals surface area contributed by atoms with Gasteiger partial charge in [-0.05, 0) is 31.8 Å². The minimum Gasteiger partial charge on any atom is -0.0951 e. The summed E-state index contributed by atoms with van der Waals surface area (Å²) in [7, 11) is 0. The lowest BCUT2D eigenvalue weighted by atomic mass is 9.90.